The van der Waals surface area contributed by atoms with Crippen LogP contribution in [0, 0.1) is 0 Å². The molecule has 15 heavy (non-hydrogen) atoms. The molecule has 1 aromatic rings. The summed E-state index contributed by atoms with van der Waals surface area (Å²) in [6.45, 7) is 0.812. The largest absolute Gasteiger partial charge is 0.487 e. The van der Waals surface area contributed by atoms with Crippen molar-refractivity contribution in [3.63, 3.8) is 0 Å². The molecule has 1 amide bonds. The predicted molar refractivity (Wildman–Crippen MR) is 54.9 cm³/mol. The minimum atomic E-state index is -0.781. The molecular formula is C10H12N2O3. The highest BCUT2D eigenvalue weighted by Gasteiger charge is 2.18. The summed E-state index contributed by atoms with van der Waals surface area (Å²) in [7, 11) is 0. The van der Waals surface area contributed by atoms with Crippen LogP contribution in [-0.4, -0.2) is 25.3 Å². The fraction of sp³-hybridized carbons (Fsp3) is 0.300. The molecule has 1 aliphatic rings. The zero-order chi connectivity index (χ0) is 10.7. The topological polar surface area (TPSA) is 73.6 Å². The molecule has 1 atom stereocenters. The van der Waals surface area contributed by atoms with Gasteiger partial charge in [-0.15, -0.1) is 0 Å². The summed E-state index contributed by atoms with van der Waals surface area (Å²) in [5.74, 6) is 0.757. The Morgan fingerprint density at radius 2 is 2.33 bits per heavy atom. The molecule has 3 N–H and O–H groups in total. The van der Waals surface area contributed by atoms with Crippen LogP contribution in [0.4, 0.5) is 10.5 Å². The first kappa shape index (κ1) is 9.64. The molecule has 0 radical (unpaired) electrons. The second-order valence-corrected chi connectivity index (χ2v) is 3.25. The van der Waals surface area contributed by atoms with E-state index in [-0.39, 0.29) is 6.10 Å². The molecule has 5 heteroatoms. The average Bonchev–Trinajstić information content (AvgIpc) is 2.41. The quantitative estimate of drug-likeness (QED) is 0.720. The standard InChI is InChI=1S/C10H12N2O3/c11-10(13)15-7-5-12-8-3-1-2-4-9(8)14-6-7/h1-4,7,12H,5-6H2,(H2,11,13). The molecule has 0 saturated carbocycles. The van der Waals surface area contributed by atoms with Crippen LogP contribution in [0.5, 0.6) is 5.75 Å². The minimum absolute atomic E-state index is 0.312. The fourth-order valence-electron chi connectivity index (χ4n) is 1.44. The van der Waals surface area contributed by atoms with Crippen LogP contribution in [0.25, 0.3) is 0 Å². The number of nitrogens with two attached hydrogens (primary N) is 1. The van der Waals surface area contributed by atoms with Gasteiger partial charge in [-0.05, 0) is 12.1 Å². The summed E-state index contributed by atoms with van der Waals surface area (Å²) in [5, 5.41) is 3.12. The molecule has 0 aromatic heterocycles. The number of carbonyl (C=O) groups excluding carboxylic acids is 1. The number of anilines is 1. The van der Waals surface area contributed by atoms with Crippen LogP contribution in [0.1, 0.15) is 0 Å². The van der Waals surface area contributed by atoms with Crippen LogP contribution in [0.3, 0.4) is 0 Å². The van der Waals surface area contributed by atoms with Gasteiger partial charge in [-0.3, -0.25) is 0 Å². The Bertz CT molecular complexity index is 340. The van der Waals surface area contributed by atoms with Gasteiger partial charge in [-0.2, -0.15) is 0 Å². The van der Waals surface area contributed by atoms with Crippen LogP contribution in [0.2, 0.25) is 0 Å². The van der Waals surface area contributed by atoms with Gasteiger partial charge in [-0.1, -0.05) is 12.1 Å². The summed E-state index contributed by atoms with van der Waals surface area (Å²) in [4.78, 5) is 10.6. The third-order valence-electron chi connectivity index (χ3n) is 2.11. The van der Waals surface area contributed by atoms with E-state index in [1.165, 1.54) is 0 Å². The van der Waals surface area contributed by atoms with Gasteiger partial charge >= 0.3 is 6.09 Å². The SMILES string of the molecule is NC(=O)OC1CNc2ccccc2OC1. The smallest absolute Gasteiger partial charge is 0.404 e. The van der Waals surface area contributed by atoms with Crippen LogP contribution in [-0.2, 0) is 4.74 Å². The maximum Gasteiger partial charge on any atom is 0.404 e. The number of fused-ring (bicyclic) bond motifs is 1. The fourth-order valence-corrected chi connectivity index (χ4v) is 1.44. The Morgan fingerprint density at radius 1 is 1.53 bits per heavy atom. The summed E-state index contributed by atoms with van der Waals surface area (Å²) in [5.41, 5.74) is 5.83. The zero-order valence-electron chi connectivity index (χ0n) is 8.10. The van der Waals surface area contributed by atoms with E-state index in [1.54, 1.807) is 0 Å². The lowest BCUT2D eigenvalue weighted by atomic mass is 10.3. The van der Waals surface area contributed by atoms with E-state index in [1.807, 2.05) is 24.3 Å². The van der Waals surface area contributed by atoms with E-state index < -0.39 is 6.09 Å². The first-order valence-electron chi connectivity index (χ1n) is 4.67. The number of amides is 1. The Kier molecular flexibility index (Phi) is 2.62. The number of nitrogens with one attached hydrogen (secondary N) is 1. The first-order chi connectivity index (χ1) is 7.25. The van der Waals surface area contributed by atoms with Crippen molar-refractivity contribution in [1.82, 2.24) is 0 Å². The Balaban J connectivity index is 2.05. The molecule has 1 aliphatic heterocycles. The number of carbonyl (C=O) groups is 1. The molecule has 0 saturated heterocycles. The molecule has 1 heterocycles. The van der Waals surface area contributed by atoms with Crippen molar-refractivity contribution < 1.29 is 14.3 Å². The van der Waals surface area contributed by atoms with E-state index in [0.717, 1.165) is 11.4 Å². The van der Waals surface area contributed by atoms with Gasteiger partial charge in [0.2, 0.25) is 0 Å². The van der Waals surface area contributed by atoms with Crippen LogP contribution in [0.15, 0.2) is 24.3 Å². The molecule has 0 fully saturated rings. The minimum Gasteiger partial charge on any atom is -0.487 e. The van der Waals surface area contributed by atoms with Crippen molar-refractivity contribution in [3.05, 3.63) is 24.3 Å². The normalized spacial score (nSPS) is 19.1. The number of hydrogen-bond donors (Lipinski definition) is 2. The maximum absolute atomic E-state index is 10.6. The number of primary amides is 1. The number of hydrogen-bond acceptors (Lipinski definition) is 4. The Hall–Kier alpha value is -1.91. The van der Waals surface area contributed by atoms with Crippen molar-refractivity contribution >= 4 is 11.8 Å². The van der Waals surface area contributed by atoms with Gasteiger partial charge in [0, 0.05) is 0 Å². The summed E-state index contributed by atoms with van der Waals surface area (Å²) in [6.07, 6.45) is -1.13. The van der Waals surface area contributed by atoms with E-state index >= 15 is 0 Å². The monoisotopic (exact) mass is 208 g/mol. The Labute approximate surface area is 87.2 Å². The van der Waals surface area contributed by atoms with Crippen LogP contribution < -0.4 is 15.8 Å². The van der Waals surface area contributed by atoms with Crippen molar-refractivity contribution in [2.45, 2.75) is 6.10 Å². The van der Waals surface area contributed by atoms with Crippen molar-refractivity contribution in [2.24, 2.45) is 5.73 Å². The third kappa shape index (κ3) is 2.31. The maximum atomic E-state index is 10.6. The number of benzene rings is 1. The molecule has 1 aromatic carbocycles. The van der Waals surface area contributed by atoms with Crippen LogP contribution >= 0.6 is 0 Å². The predicted octanol–water partition coefficient (Wildman–Crippen LogP) is 0.955. The lowest BCUT2D eigenvalue weighted by Gasteiger charge is -2.12. The van der Waals surface area contributed by atoms with Crippen molar-refractivity contribution in [1.29, 1.82) is 0 Å². The van der Waals surface area contributed by atoms with Gasteiger partial charge in [0.25, 0.3) is 0 Å². The van der Waals surface area contributed by atoms with E-state index in [2.05, 4.69) is 5.32 Å². The third-order valence-corrected chi connectivity index (χ3v) is 2.11. The molecule has 0 spiro atoms. The highest BCUT2D eigenvalue weighted by Crippen LogP contribution is 2.25. The number of para-hydroxylation sites is 2. The lowest BCUT2D eigenvalue weighted by Crippen LogP contribution is -2.32. The van der Waals surface area contributed by atoms with E-state index in [4.69, 9.17) is 15.2 Å². The molecule has 1 unspecified atom stereocenters. The lowest BCUT2D eigenvalue weighted by molar-refractivity contribution is 0.0818. The van der Waals surface area contributed by atoms with Gasteiger partial charge in [0.05, 0.1) is 12.2 Å². The van der Waals surface area contributed by atoms with Gasteiger partial charge in [0.1, 0.15) is 12.4 Å². The summed E-state index contributed by atoms with van der Waals surface area (Å²) < 4.78 is 10.3. The van der Waals surface area contributed by atoms with Gasteiger partial charge in [0.15, 0.2) is 6.10 Å². The average molecular weight is 208 g/mol. The summed E-state index contributed by atoms with van der Waals surface area (Å²) >= 11 is 0. The molecule has 0 bridgehead atoms. The number of rotatable bonds is 1. The second-order valence-electron chi connectivity index (χ2n) is 3.25. The second kappa shape index (κ2) is 4.08. The van der Waals surface area contributed by atoms with Gasteiger partial charge < -0.3 is 20.5 Å². The van der Waals surface area contributed by atoms with Crippen molar-refractivity contribution in [2.75, 3.05) is 18.5 Å². The first-order valence-corrected chi connectivity index (χ1v) is 4.67. The van der Waals surface area contributed by atoms with Crippen molar-refractivity contribution in [3.8, 4) is 5.75 Å². The Morgan fingerprint density at radius 3 is 3.13 bits per heavy atom. The van der Waals surface area contributed by atoms with Gasteiger partial charge in [-0.25, -0.2) is 4.79 Å². The molecule has 80 valence electrons. The molecule has 0 aliphatic carbocycles. The number of ether oxygens (including phenoxy) is 2. The molecule has 2 rings (SSSR count). The highest BCUT2D eigenvalue weighted by molar-refractivity contribution is 5.65. The van der Waals surface area contributed by atoms with E-state index in [9.17, 15) is 4.79 Å². The van der Waals surface area contributed by atoms with E-state index in [0.29, 0.717) is 13.2 Å². The molecule has 5 nitrogen and oxygen atoms in total. The summed E-state index contributed by atoms with van der Waals surface area (Å²) in [6, 6.07) is 7.55. The highest BCUT2D eigenvalue weighted by atomic mass is 16.6. The zero-order valence-corrected chi connectivity index (χ0v) is 8.10. The molecular weight excluding hydrogens is 196 g/mol.